The number of amides is 1. The Balaban J connectivity index is 2.89. The molecule has 1 aromatic heterocycles. The number of rotatable bonds is 5. The van der Waals surface area contributed by atoms with E-state index in [1.165, 1.54) is 0 Å². The third-order valence-electron chi connectivity index (χ3n) is 2.84. The minimum atomic E-state index is -0.334. The average Bonchev–Trinajstić information content (AvgIpc) is 2.43. The first-order chi connectivity index (χ1) is 7.82. The monoisotopic (exact) mass is 239 g/mol. The number of nitrogens with two attached hydrogens (primary N) is 2. The van der Waals surface area contributed by atoms with E-state index in [4.69, 9.17) is 11.5 Å². The summed E-state index contributed by atoms with van der Waals surface area (Å²) in [6.45, 7) is 6.77. The highest BCUT2D eigenvalue weighted by atomic mass is 16.1. The fraction of sp³-hybridized carbons (Fsp3) is 0.636. The second kappa shape index (κ2) is 5.18. The molecule has 0 atom stereocenters. The van der Waals surface area contributed by atoms with Crippen LogP contribution in [0.5, 0.6) is 0 Å². The largest absolute Gasteiger partial charge is 0.384 e. The number of carbonyl (C=O) groups is 1. The van der Waals surface area contributed by atoms with Crippen LogP contribution in [0.3, 0.4) is 0 Å². The third-order valence-corrected chi connectivity index (χ3v) is 2.84. The normalized spacial score (nSPS) is 11.4. The number of hydrogen-bond acceptors (Lipinski definition) is 4. The Morgan fingerprint density at radius 1 is 1.53 bits per heavy atom. The van der Waals surface area contributed by atoms with E-state index in [0.29, 0.717) is 12.4 Å². The standard InChI is InChI=1S/C11H21N5O/c1-7(2)16(6-10(12)17)5-9-8(3)14-15(4)11(9)13/h7H,5-6,13H2,1-4H3,(H2,12,17). The number of carbonyl (C=O) groups excluding carboxylic acids is 1. The van der Waals surface area contributed by atoms with E-state index in [-0.39, 0.29) is 18.5 Å². The lowest BCUT2D eigenvalue weighted by molar-refractivity contribution is -0.119. The Morgan fingerprint density at radius 3 is 2.47 bits per heavy atom. The van der Waals surface area contributed by atoms with Gasteiger partial charge >= 0.3 is 0 Å². The van der Waals surface area contributed by atoms with Gasteiger partial charge in [0, 0.05) is 25.2 Å². The maximum Gasteiger partial charge on any atom is 0.231 e. The highest BCUT2D eigenvalue weighted by Gasteiger charge is 2.18. The van der Waals surface area contributed by atoms with Crippen LogP contribution in [-0.4, -0.2) is 33.2 Å². The zero-order valence-corrected chi connectivity index (χ0v) is 10.9. The molecular weight excluding hydrogens is 218 g/mol. The van der Waals surface area contributed by atoms with Crippen molar-refractivity contribution in [2.45, 2.75) is 33.4 Å². The minimum Gasteiger partial charge on any atom is -0.384 e. The van der Waals surface area contributed by atoms with Gasteiger partial charge in [-0.2, -0.15) is 5.10 Å². The van der Waals surface area contributed by atoms with Crippen LogP contribution in [0.2, 0.25) is 0 Å². The highest BCUT2D eigenvalue weighted by molar-refractivity contribution is 5.76. The average molecular weight is 239 g/mol. The van der Waals surface area contributed by atoms with Gasteiger partial charge in [-0.3, -0.25) is 14.4 Å². The minimum absolute atomic E-state index is 0.224. The van der Waals surface area contributed by atoms with Crippen LogP contribution in [0, 0.1) is 6.92 Å². The van der Waals surface area contributed by atoms with E-state index in [0.717, 1.165) is 11.3 Å². The fourth-order valence-electron chi connectivity index (χ4n) is 1.74. The second-order valence-corrected chi connectivity index (χ2v) is 4.54. The molecule has 0 unspecified atom stereocenters. The summed E-state index contributed by atoms with van der Waals surface area (Å²) < 4.78 is 1.65. The summed E-state index contributed by atoms with van der Waals surface area (Å²) in [4.78, 5) is 13.0. The molecule has 0 spiro atoms. The van der Waals surface area contributed by atoms with E-state index >= 15 is 0 Å². The van der Waals surface area contributed by atoms with Gasteiger partial charge < -0.3 is 11.5 Å². The van der Waals surface area contributed by atoms with Crippen molar-refractivity contribution in [3.8, 4) is 0 Å². The highest BCUT2D eigenvalue weighted by Crippen LogP contribution is 2.18. The molecule has 0 aromatic carbocycles. The van der Waals surface area contributed by atoms with Gasteiger partial charge in [0.25, 0.3) is 0 Å². The van der Waals surface area contributed by atoms with Crippen LogP contribution in [0.4, 0.5) is 5.82 Å². The van der Waals surface area contributed by atoms with Crippen molar-refractivity contribution >= 4 is 11.7 Å². The molecule has 1 heterocycles. The molecule has 0 saturated carbocycles. The van der Waals surface area contributed by atoms with Gasteiger partial charge in [-0.15, -0.1) is 0 Å². The Hall–Kier alpha value is -1.56. The first-order valence-corrected chi connectivity index (χ1v) is 5.63. The number of aryl methyl sites for hydroxylation is 2. The van der Waals surface area contributed by atoms with Gasteiger partial charge in [0.05, 0.1) is 12.2 Å². The van der Waals surface area contributed by atoms with Crippen molar-refractivity contribution in [2.24, 2.45) is 12.8 Å². The molecule has 17 heavy (non-hydrogen) atoms. The predicted molar refractivity (Wildman–Crippen MR) is 67.1 cm³/mol. The lowest BCUT2D eigenvalue weighted by Crippen LogP contribution is -2.38. The zero-order valence-electron chi connectivity index (χ0n) is 10.9. The summed E-state index contributed by atoms with van der Waals surface area (Å²) >= 11 is 0. The number of hydrogen-bond donors (Lipinski definition) is 2. The smallest absolute Gasteiger partial charge is 0.231 e. The lowest BCUT2D eigenvalue weighted by atomic mass is 10.2. The topological polar surface area (TPSA) is 90.2 Å². The van der Waals surface area contributed by atoms with Crippen molar-refractivity contribution in [1.82, 2.24) is 14.7 Å². The molecule has 0 saturated heterocycles. The van der Waals surface area contributed by atoms with Gasteiger partial charge in [-0.1, -0.05) is 0 Å². The number of anilines is 1. The summed E-state index contributed by atoms with van der Waals surface area (Å²) in [6.07, 6.45) is 0. The van der Waals surface area contributed by atoms with Gasteiger partial charge in [0.15, 0.2) is 0 Å². The molecule has 6 heteroatoms. The Kier molecular flexibility index (Phi) is 4.11. The first kappa shape index (κ1) is 13.5. The SMILES string of the molecule is Cc1nn(C)c(N)c1CN(CC(N)=O)C(C)C. The number of nitrogens with zero attached hydrogens (tertiary/aromatic N) is 3. The molecule has 0 bridgehead atoms. The molecule has 1 amide bonds. The Morgan fingerprint density at radius 2 is 2.12 bits per heavy atom. The molecule has 0 fully saturated rings. The number of nitrogen functional groups attached to an aromatic ring is 1. The Bertz CT molecular complexity index is 410. The summed E-state index contributed by atoms with van der Waals surface area (Å²) in [5, 5.41) is 4.25. The summed E-state index contributed by atoms with van der Waals surface area (Å²) in [6, 6.07) is 0.224. The molecule has 4 N–H and O–H groups in total. The van der Waals surface area contributed by atoms with E-state index < -0.39 is 0 Å². The van der Waals surface area contributed by atoms with Crippen molar-refractivity contribution in [2.75, 3.05) is 12.3 Å². The van der Waals surface area contributed by atoms with E-state index in [1.807, 2.05) is 25.7 Å². The zero-order chi connectivity index (χ0) is 13.2. The fourth-order valence-corrected chi connectivity index (χ4v) is 1.74. The molecule has 96 valence electrons. The number of aromatic nitrogens is 2. The van der Waals surface area contributed by atoms with Gasteiger partial charge in [0.2, 0.25) is 5.91 Å². The molecule has 1 aromatic rings. The van der Waals surface area contributed by atoms with Crippen LogP contribution in [-0.2, 0) is 18.4 Å². The van der Waals surface area contributed by atoms with E-state index in [9.17, 15) is 4.79 Å². The van der Waals surface area contributed by atoms with Gasteiger partial charge in [-0.05, 0) is 20.8 Å². The number of primary amides is 1. The van der Waals surface area contributed by atoms with Crippen LogP contribution in [0.15, 0.2) is 0 Å². The maximum atomic E-state index is 11.0. The van der Waals surface area contributed by atoms with Crippen LogP contribution >= 0.6 is 0 Å². The van der Waals surface area contributed by atoms with Crippen LogP contribution < -0.4 is 11.5 Å². The van der Waals surface area contributed by atoms with Crippen molar-refractivity contribution < 1.29 is 4.79 Å². The van der Waals surface area contributed by atoms with Crippen molar-refractivity contribution in [3.05, 3.63) is 11.3 Å². The predicted octanol–water partition coefficient (Wildman–Crippen LogP) is 0.00642. The quantitative estimate of drug-likeness (QED) is 0.757. The van der Waals surface area contributed by atoms with E-state index in [1.54, 1.807) is 11.7 Å². The molecule has 0 aliphatic carbocycles. The molecule has 6 nitrogen and oxygen atoms in total. The molecule has 0 aliphatic heterocycles. The summed E-state index contributed by atoms with van der Waals surface area (Å²) in [5.74, 6) is 0.302. The molecule has 0 aliphatic rings. The van der Waals surface area contributed by atoms with Crippen LogP contribution in [0.25, 0.3) is 0 Å². The summed E-state index contributed by atoms with van der Waals surface area (Å²) in [5.41, 5.74) is 13.0. The second-order valence-electron chi connectivity index (χ2n) is 4.54. The van der Waals surface area contributed by atoms with Crippen molar-refractivity contribution in [1.29, 1.82) is 0 Å². The molecular formula is C11H21N5O. The Labute approximate surface area is 102 Å². The van der Waals surface area contributed by atoms with Crippen molar-refractivity contribution in [3.63, 3.8) is 0 Å². The van der Waals surface area contributed by atoms with Gasteiger partial charge in [-0.25, -0.2) is 0 Å². The molecule has 0 radical (unpaired) electrons. The first-order valence-electron chi connectivity index (χ1n) is 5.63. The third kappa shape index (κ3) is 3.20. The van der Waals surface area contributed by atoms with Gasteiger partial charge in [0.1, 0.15) is 5.82 Å². The summed E-state index contributed by atoms with van der Waals surface area (Å²) in [7, 11) is 1.81. The lowest BCUT2D eigenvalue weighted by Gasteiger charge is -2.24. The maximum absolute atomic E-state index is 11.0. The van der Waals surface area contributed by atoms with Crippen LogP contribution in [0.1, 0.15) is 25.1 Å². The van der Waals surface area contributed by atoms with E-state index in [2.05, 4.69) is 5.10 Å². The molecule has 1 rings (SSSR count).